The van der Waals surface area contributed by atoms with E-state index in [1.165, 1.54) is 0 Å². The summed E-state index contributed by atoms with van der Waals surface area (Å²) in [5.41, 5.74) is 2.24. The number of H-pyrrole nitrogens is 1. The van der Waals surface area contributed by atoms with Gasteiger partial charge in [0.15, 0.2) is 0 Å². The van der Waals surface area contributed by atoms with Crippen molar-refractivity contribution in [3.63, 3.8) is 0 Å². The molecule has 0 bridgehead atoms. The van der Waals surface area contributed by atoms with Gasteiger partial charge in [-0.05, 0) is 18.6 Å². The Hall–Kier alpha value is -2.46. The number of hydrogen-bond acceptors (Lipinski definition) is 3. The second-order valence-corrected chi connectivity index (χ2v) is 5.43. The van der Waals surface area contributed by atoms with Crippen molar-refractivity contribution >= 4 is 28.5 Å². The van der Waals surface area contributed by atoms with Crippen LogP contribution in [0.1, 0.15) is 22.8 Å². The first-order valence-corrected chi connectivity index (χ1v) is 7.71. The Morgan fingerprint density at radius 3 is 2.74 bits per heavy atom. The maximum Gasteiger partial charge on any atom is 0.340 e. The van der Waals surface area contributed by atoms with Crippen molar-refractivity contribution in [2.24, 2.45) is 0 Å². The number of esters is 1. The molecule has 0 saturated heterocycles. The second kappa shape index (κ2) is 6.75. The van der Waals surface area contributed by atoms with Crippen LogP contribution < -0.4 is 4.74 Å². The van der Waals surface area contributed by atoms with Crippen LogP contribution in [0, 0.1) is 0 Å². The second-order valence-electron chi connectivity index (χ2n) is 5.02. The first-order valence-electron chi connectivity index (χ1n) is 7.33. The van der Waals surface area contributed by atoms with E-state index >= 15 is 0 Å². The number of fused-ring (bicyclic) bond motifs is 1. The summed E-state index contributed by atoms with van der Waals surface area (Å²) in [4.78, 5) is 15.0. The molecule has 0 aliphatic rings. The molecule has 23 heavy (non-hydrogen) atoms. The number of hydrogen-bond donors (Lipinski definition) is 1. The van der Waals surface area contributed by atoms with Gasteiger partial charge in [-0.15, -0.1) is 0 Å². The van der Waals surface area contributed by atoms with E-state index < -0.39 is 5.97 Å². The third-order valence-electron chi connectivity index (χ3n) is 3.45. The van der Waals surface area contributed by atoms with E-state index in [0.717, 1.165) is 11.1 Å². The molecule has 118 valence electrons. The van der Waals surface area contributed by atoms with Crippen LogP contribution in [-0.4, -0.2) is 17.6 Å². The van der Waals surface area contributed by atoms with E-state index in [1.54, 1.807) is 19.2 Å². The van der Waals surface area contributed by atoms with Crippen molar-refractivity contribution in [2.45, 2.75) is 13.5 Å². The lowest BCUT2D eigenvalue weighted by atomic mass is 10.1. The molecule has 0 radical (unpaired) electrons. The molecule has 4 nitrogen and oxygen atoms in total. The summed E-state index contributed by atoms with van der Waals surface area (Å²) < 4.78 is 10.8. The first kappa shape index (κ1) is 15.4. The molecule has 1 aromatic heterocycles. The number of ether oxygens (including phenoxy) is 2. The Morgan fingerprint density at radius 2 is 2.00 bits per heavy atom. The summed E-state index contributed by atoms with van der Waals surface area (Å²) in [6.07, 6.45) is 1.61. The predicted molar refractivity (Wildman–Crippen MR) is 90.0 cm³/mol. The van der Waals surface area contributed by atoms with Gasteiger partial charge in [0.05, 0.1) is 22.7 Å². The van der Waals surface area contributed by atoms with Crippen molar-refractivity contribution in [3.8, 4) is 5.75 Å². The Balaban J connectivity index is 1.86. The Labute approximate surface area is 139 Å². The average molecular weight is 330 g/mol. The van der Waals surface area contributed by atoms with Crippen molar-refractivity contribution < 1.29 is 14.3 Å². The number of benzene rings is 2. The lowest BCUT2D eigenvalue weighted by Crippen LogP contribution is -2.03. The van der Waals surface area contributed by atoms with Crippen LogP contribution in [-0.2, 0) is 11.3 Å². The molecule has 1 heterocycles. The maximum atomic E-state index is 11.9. The summed E-state index contributed by atoms with van der Waals surface area (Å²) in [6, 6.07) is 13.4. The number of aromatic amines is 1. The zero-order valence-corrected chi connectivity index (χ0v) is 13.4. The SMILES string of the molecule is CCOC(=O)c1c[nH]c2cc(OCc3ccccc3)cc(Cl)c12. The van der Waals surface area contributed by atoms with Crippen molar-refractivity contribution in [1.82, 2.24) is 4.98 Å². The maximum absolute atomic E-state index is 11.9. The van der Waals surface area contributed by atoms with Gasteiger partial charge >= 0.3 is 5.97 Å². The molecule has 0 aliphatic carbocycles. The average Bonchev–Trinajstić information content (AvgIpc) is 2.99. The molecule has 0 fully saturated rings. The summed E-state index contributed by atoms with van der Waals surface area (Å²) >= 11 is 6.33. The van der Waals surface area contributed by atoms with Gasteiger partial charge in [0.2, 0.25) is 0 Å². The fourth-order valence-electron chi connectivity index (χ4n) is 2.39. The molecule has 1 N–H and O–H groups in total. The summed E-state index contributed by atoms with van der Waals surface area (Å²) in [5.74, 6) is 0.252. The van der Waals surface area contributed by atoms with Crippen molar-refractivity contribution in [1.29, 1.82) is 0 Å². The Morgan fingerprint density at radius 1 is 1.22 bits per heavy atom. The molecule has 5 heteroatoms. The minimum atomic E-state index is -0.390. The zero-order chi connectivity index (χ0) is 16.2. The summed E-state index contributed by atoms with van der Waals surface area (Å²) in [7, 11) is 0. The molecule has 0 atom stereocenters. The Bertz CT molecular complexity index is 827. The third kappa shape index (κ3) is 3.32. The fourth-order valence-corrected chi connectivity index (χ4v) is 2.70. The van der Waals surface area contributed by atoms with E-state index in [2.05, 4.69) is 4.98 Å². The van der Waals surface area contributed by atoms with Crippen LogP contribution in [0.3, 0.4) is 0 Å². The minimum Gasteiger partial charge on any atom is -0.489 e. The van der Waals surface area contributed by atoms with Crippen LogP contribution in [0.15, 0.2) is 48.7 Å². The standard InChI is InChI=1S/C18H16ClNO3/c1-2-22-18(21)14-10-20-16-9-13(8-15(19)17(14)16)23-11-12-6-4-3-5-7-12/h3-10,20H,2,11H2,1H3. The normalized spacial score (nSPS) is 10.7. The lowest BCUT2D eigenvalue weighted by Gasteiger charge is -2.08. The molecule has 0 saturated carbocycles. The highest BCUT2D eigenvalue weighted by Crippen LogP contribution is 2.32. The molecule has 2 aromatic carbocycles. The molecule has 0 spiro atoms. The molecular formula is C18H16ClNO3. The molecule has 0 aliphatic heterocycles. The highest BCUT2D eigenvalue weighted by atomic mass is 35.5. The number of halogens is 1. The highest BCUT2D eigenvalue weighted by Gasteiger charge is 2.16. The lowest BCUT2D eigenvalue weighted by molar-refractivity contribution is 0.0528. The van der Waals surface area contributed by atoms with Crippen LogP contribution in [0.4, 0.5) is 0 Å². The van der Waals surface area contributed by atoms with Crippen molar-refractivity contribution in [3.05, 3.63) is 64.8 Å². The molecule has 3 aromatic rings. The summed E-state index contributed by atoms with van der Waals surface area (Å²) in [6.45, 7) is 2.54. The zero-order valence-electron chi connectivity index (χ0n) is 12.6. The van der Waals surface area contributed by atoms with Gasteiger partial charge in [-0.25, -0.2) is 4.79 Å². The summed E-state index contributed by atoms with van der Waals surface area (Å²) in [5, 5.41) is 1.10. The van der Waals surface area contributed by atoms with Gasteiger partial charge in [-0.2, -0.15) is 0 Å². The monoisotopic (exact) mass is 329 g/mol. The van der Waals surface area contributed by atoms with Gasteiger partial charge in [-0.3, -0.25) is 0 Å². The smallest absolute Gasteiger partial charge is 0.340 e. The van der Waals surface area contributed by atoms with Gasteiger partial charge in [0, 0.05) is 17.6 Å². The van der Waals surface area contributed by atoms with E-state index in [0.29, 0.717) is 34.9 Å². The minimum absolute atomic E-state index is 0.321. The van der Waals surface area contributed by atoms with Crippen LogP contribution in [0.5, 0.6) is 5.75 Å². The largest absolute Gasteiger partial charge is 0.489 e. The molecule has 3 rings (SSSR count). The molecule has 0 amide bonds. The molecular weight excluding hydrogens is 314 g/mol. The number of aromatic nitrogens is 1. The van der Waals surface area contributed by atoms with Crippen LogP contribution in [0.25, 0.3) is 10.9 Å². The van der Waals surface area contributed by atoms with Gasteiger partial charge in [0.25, 0.3) is 0 Å². The molecule has 0 unspecified atom stereocenters. The van der Waals surface area contributed by atoms with Crippen LogP contribution >= 0.6 is 11.6 Å². The van der Waals surface area contributed by atoms with E-state index in [9.17, 15) is 4.79 Å². The number of carbonyl (C=O) groups is 1. The third-order valence-corrected chi connectivity index (χ3v) is 3.75. The van der Waals surface area contributed by atoms with Gasteiger partial charge in [0.1, 0.15) is 12.4 Å². The van der Waals surface area contributed by atoms with Crippen LogP contribution in [0.2, 0.25) is 5.02 Å². The number of rotatable bonds is 5. The van der Waals surface area contributed by atoms with Gasteiger partial charge < -0.3 is 14.5 Å². The van der Waals surface area contributed by atoms with E-state index in [4.69, 9.17) is 21.1 Å². The van der Waals surface area contributed by atoms with Crippen molar-refractivity contribution in [2.75, 3.05) is 6.61 Å². The fraction of sp³-hybridized carbons (Fsp3) is 0.167. The van der Waals surface area contributed by atoms with E-state index in [1.807, 2.05) is 36.4 Å². The number of carbonyl (C=O) groups excluding carboxylic acids is 1. The topological polar surface area (TPSA) is 51.3 Å². The highest BCUT2D eigenvalue weighted by molar-refractivity contribution is 6.37. The predicted octanol–water partition coefficient (Wildman–Crippen LogP) is 4.58. The number of nitrogens with one attached hydrogen (secondary N) is 1. The van der Waals surface area contributed by atoms with Gasteiger partial charge in [-0.1, -0.05) is 41.9 Å². The Kier molecular flexibility index (Phi) is 4.53. The van der Waals surface area contributed by atoms with E-state index in [-0.39, 0.29) is 0 Å². The first-order chi connectivity index (χ1) is 11.2. The quantitative estimate of drug-likeness (QED) is 0.697.